The van der Waals surface area contributed by atoms with E-state index in [1.807, 2.05) is 24.3 Å². The zero-order valence-electron chi connectivity index (χ0n) is 10.6. The second kappa shape index (κ2) is 6.25. The monoisotopic (exact) mass is 265 g/mol. The van der Waals surface area contributed by atoms with Gasteiger partial charge in [-0.05, 0) is 48.8 Å². The zero-order valence-corrected chi connectivity index (χ0v) is 11.4. The number of thioether (sulfide) groups is 1. The molecule has 1 aliphatic rings. The van der Waals surface area contributed by atoms with Gasteiger partial charge in [-0.2, -0.15) is 0 Å². The molecule has 2 N–H and O–H groups in total. The molecule has 0 spiro atoms. The van der Waals surface area contributed by atoms with E-state index in [-0.39, 0.29) is 12.0 Å². The molecule has 2 rings (SSSR count). The highest BCUT2D eigenvalue weighted by Crippen LogP contribution is 2.32. The van der Waals surface area contributed by atoms with Gasteiger partial charge in [0.15, 0.2) is 0 Å². The van der Waals surface area contributed by atoms with Crippen LogP contribution in [0.4, 0.5) is 0 Å². The number of carbonyl (C=O) groups is 1. The van der Waals surface area contributed by atoms with E-state index in [1.165, 1.54) is 4.90 Å². The van der Waals surface area contributed by atoms with Crippen molar-refractivity contribution in [3.63, 3.8) is 0 Å². The van der Waals surface area contributed by atoms with Crippen molar-refractivity contribution < 1.29 is 9.90 Å². The molecule has 1 aromatic carbocycles. The molecule has 1 atom stereocenters. The van der Waals surface area contributed by atoms with Crippen LogP contribution in [0.2, 0.25) is 0 Å². The van der Waals surface area contributed by atoms with Crippen LogP contribution in [0.25, 0.3) is 0 Å². The molecule has 18 heavy (non-hydrogen) atoms. The molecule has 98 valence electrons. The van der Waals surface area contributed by atoms with E-state index in [9.17, 15) is 9.90 Å². The van der Waals surface area contributed by atoms with Gasteiger partial charge in [0, 0.05) is 17.0 Å². The molecular weight excluding hydrogens is 246 g/mol. The van der Waals surface area contributed by atoms with E-state index in [2.05, 4.69) is 12.2 Å². The fourth-order valence-electron chi connectivity index (χ4n) is 1.82. The third-order valence-corrected chi connectivity index (χ3v) is 3.96. The molecule has 0 bridgehead atoms. The largest absolute Gasteiger partial charge is 0.391 e. The summed E-state index contributed by atoms with van der Waals surface area (Å²) in [5.74, 6) is 1.32. The minimum atomic E-state index is -0.385. The number of benzene rings is 1. The lowest BCUT2D eigenvalue weighted by Crippen LogP contribution is -2.33. The molecule has 0 aromatic heterocycles. The quantitative estimate of drug-likeness (QED) is 0.776. The van der Waals surface area contributed by atoms with Gasteiger partial charge in [0.25, 0.3) is 5.91 Å². The lowest BCUT2D eigenvalue weighted by molar-refractivity contribution is 0.0901. The van der Waals surface area contributed by atoms with Crippen molar-refractivity contribution in [2.24, 2.45) is 5.92 Å². The standard InChI is InChI=1S/C14H19NO2S/c1-2-18-12-7-5-11(6-8-12)14(17)15-9-13(16)10-3-4-10/h5-8,10,13,16H,2-4,9H2,1H3,(H,15,17). The van der Waals surface area contributed by atoms with Gasteiger partial charge in [-0.3, -0.25) is 4.79 Å². The summed E-state index contributed by atoms with van der Waals surface area (Å²) in [6, 6.07) is 7.58. The van der Waals surface area contributed by atoms with Gasteiger partial charge in [0.2, 0.25) is 0 Å². The molecule has 0 heterocycles. The first-order chi connectivity index (χ1) is 8.70. The van der Waals surface area contributed by atoms with Gasteiger partial charge in [-0.1, -0.05) is 6.92 Å². The molecule has 1 aliphatic carbocycles. The fourth-order valence-corrected chi connectivity index (χ4v) is 2.48. The van der Waals surface area contributed by atoms with Crippen molar-refractivity contribution in [2.45, 2.75) is 30.8 Å². The predicted octanol–water partition coefficient (Wildman–Crippen LogP) is 2.30. The minimum Gasteiger partial charge on any atom is -0.391 e. The first-order valence-electron chi connectivity index (χ1n) is 6.40. The number of amides is 1. The highest BCUT2D eigenvalue weighted by molar-refractivity contribution is 7.99. The second-order valence-corrected chi connectivity index (χ2v) is 5.91. The number of aliphatic hydroxyl groups excluding tert-OH is 1. The van der Waals surface area contributed by atoms with Gasteiger partial charge in [0.1, 0.15) is 0 Å². The molecule has 1 unspecified atom stereocenters. The Labute approximate surface area is 112 Å². The van der Waals surface area contributed by atoms with E-state index in [0.717, 1.165) is 18.6 Å². The van der Waals surface area contributed by atoms with Gasteiger partial charge < -0.3 is 10.4 Å². The average molecular weight is 265 g/mol. The summed E-state index contributed by atoms with van der Waals surface area (Å²) in [6.07, 6.45) is 1.78. The summed E-state index contributed by atoms with van der Waals surface area (Å²) in [6.45, 7) is 2.46. The summed E-state index contributed by atoms with van der Waals surface area (Å²) in [4.78, 5) is 13.0. The lowest BCUT2D eigenvalue weighted by Gasteiger charge is -2.10. The van der Waals surface area contributed by atoms with Crippen LogP contribution in [-0.4, -0.2) is 29.4 Å². The summed E-state index contributed by atoms with van der Waals surface area (Å²) in [5, 5.41) is 12.5. The van der Waals surface area contributed by atoms with Crippen LogP contribution < -0.4 is 5.32 Å². The van der Waals surface area contributed by atoms with Crippen molar-refractivity contribution in [1.29, 1.82) is 0 Å². The average Bonchev–Trinajstić information content (AvgIpc) is 3.21. The number of hydrogen-bond acceptors (Lipinski definition) is 3. The topological polar surface area (TPSA) is 49.3 Å². The van der Waals surface area contributed by atoms with Crippen LogP contribution in [-0.2, 0) is 0 Å². The smallest absolute Gasteiger partial charge is 0.251 e. The van der Waals surface area contributed by atoms with Crippen molar-refractivity contribution in [1.82, 2.24) is 5.32 Å². The molecule has 1 aromatic rings. The van der Waals surface area contributed by atoms with E-state index in [0.29, 0.717) is 18.0 Å². The zero-order chi connectivity index (χ0) is 13.0. The van der Waals surface area contributed by atoms with Gasteiger partial charge in [0.05, 0.1) is 6.10 Å². The number of carbonyl (C=O) groups excluding carboxylic acids is 1. The Morgan fingerprint density at radius 1 is 1.44 bits per heavy atom. The molecule has 1 amide bonds. The minimum absolute atomic E-state index is 0.109. The molecular formula is C14H19NO2S. The maximum atomic E-state index is 11.8. The Morgan fingerprint density at radius 3 is 2.67 bits per heavy atom. The van der Waals surface area contributed by atoms with Crippen LogP contribution in [0.1, 0.15) is 30.1 Å². The number of nitrogens with one attached hydrogen (secondary N) is 1. The van der Waals surface area contributed by atoms with Crippen LogP contribution in [0.5, 0.6) is 0 Å². The molecule has 4 heteroatoms. The Bertz CT molecular complexity index is 401. The molecule has 1 fully saturated rings. The Hall–Kier alpha value is -1.00. The molecule has 0 radical (unpaired) electrons. The summed E-state index contributed by atoms with van der Waals surface area (Å²) in [7, 11) is 0. The van der Waals surface area contributed by atoms with Gasteiger partial charge in [-0.15, -0.1) is 11.8 Å². The van der Waals surface area contributed by atoms with Crippen molar-refractivity contribution >= 4 is 17.7 Å². The van der Waals surface area contributed by atoms with Crippen LogP contribution in [0.15, 0.2) is 29.2 Å². The molecule has 1 saturated carbocycles. The van der Waals surface area contributed by atoms with Crippen molar-refractivity contribution in [3.05, 3.63) is 29.8 Å². The van der Waals surface area contributed by atoms with E-state index >= 15 is 0 Å². The van der Waals surface area contributed by atoms with Crippen molar-refractivity contribution in [2.75, 3.05) is 12.3 Å². The lowest BCUT2D eigenvalue weighted by atomic mass is 10.2. The van der Waals surface area contributed by atoms with Gasteiger partial charge in [-0.25, -0.2) is 0 Å². The predicted molar refractivity (Wildman–Crippen MR) is 73.9 cm³/mol. The maximum absolute atomic E-state index is 11.8. The first kappa shape index (κ1) is 13.4. The van der Waals surface area contributed by atoms with Crippen LogP contribution in [0, 0.1) is 5.92 Å². The third-order valence-electron chi connectivity index (χ3n) is 3.07. The second-order valence-electron chi connectivity index (χ2n) is 4.57. The van der Waals surface area contributed by atoms with E-state index < -0.39 is 0 Å². The SMILES string of the molecule is CCSc1ccc(C(=O)NCC(O)C2CC2)cc1. The van der Waals surface area contributed by atoms with Crippen molar-refractivity contribution in [3.8, 4) is 0 Å². The third kappa shape index (κ3) is 3.75. The Kier molecular flexibility index (Phi) is 4.66. The number of hydrogen-bond donors (Lipinski definition) is 2. The Morgan fingerprint density at radius 2 is 2.11 bits per heavy atom. The first-order valence-corrected chi connectivity index (χ1v) is 7.38. The summed E-state index contributed by atoms with van der Waals surface area (Å²) in [5.41, 5.74) is 0.651. The molecule has 3 nitrogen and oxygen atoms in total. The van der Waals surface area contributed by atoms with Crippen LogP contribution >= 0.6 is 11.8 Å². The molecule has 0 aliphatic heterocycles. The number of aliphatic hydroxyl groups is 1. The maximum Gasteiger partial charge on any atom is 0.251 e. The van der Waals surface area contributed by atoms with Crippen LogP contribution in [0.3, 0.4) is 0 Å². The number of rotatable bonds is 6. The van der Waals surface area contributed by atoms with Gasteiger partial charge >= 0.3 is 0 Å². The highest BCUT2D eigenvalue weighted by Gasteiger charge is 2.29. The summed E-state index contributed by atoms with van der Waals surface area (Å²) < 4.78 is 0. The van der Waals surface area contributed by atoms with E-state index in [4.69, 9.17) is 0 Å². The fraction of sp³-hybridized carbons (Fsp3) is 0.500. The normalized spacial score (nSPS) is 16.3. The Balaban J connectivity index is 1.83. The van der Waals surface area contributed by atoms with E-state index in [1.54, 1.807) is 11.8 Å². The molecule has 0 saturated heterocycles. The summed E-state index contributed by atoms with van der Waals surface area (Å²) >= 11 is 1.75. The highest BCUT2D eigenvalue weighted by atomic mass is 32.2.